The minimum absolute atomic E-state index is 0.627. The third kappa shape index (κ3) is 4.82. The number of rotatable bonds is 6. The van der Waals surface area contributed by atoms with E-state index in [4.69, 9.17) is 0 Å². The highest BCUT2D eigenvalue weighted by molar-refractivity contribution is 9.10. The van der Waals surface area contributed by atoms with Crippen molar-refractivity contribution in [2.75, 3.05) is 6.54 Å². The minimum atomic E-state index is 0.627. The standard InChI is InChI=1S/C19H30BrN/c1-4-21-19(13-17-7-5-6-8-18(17)20)16-11-9-15(10-12-16)14(2)3/h5-8,14-16,19,21H,4,9-13H2,1-3H3. The molecule has 0 saturated heterocycles. The van der Waals surface area contributed by atoms with E-state index in [2.05, 4.69) is 66.3 Å². The first-order valence-corrected chi connectivity index (χ1v) is 9.37. The van der Waals surface area contributed by atoms with Gasteiger partial charge in [0.05, 0.1) is 0 Å². The minimum Gasteiger partial charge on any atom is -0.314 e. The molecule has 0 spiro atoms. The smallest absolute Gasteiger partial charge is 0.0207 e. The Labute approximate surface area is 139 Å². The van der Waals surface area contributed by atoms with Crippen LogP contribution in [0.4, 0.5) is 0 Å². The maximum absolute atomic E-state index is 3.75. The van der Waals surface area contributed by atoms with Gasteiger partial charge in [-0.15, -0.1) is 0 Å². The molecule has 0 amide bonds. The highest BCUT2D eigenvalue weighted by Gasteiger charge is 2.28. The number of nitrogens with one attached hydrogen (secondary N) is 1. The van der Waals surface area contributed by atoms with Gasteiger partial charge in [0.15, 0.2) is 0 Å². The molecule has 1 aliphatic carbocycles. The van der Waals surface area contributed by atoms with Crippen LogP contribution in [0.1, 0.15) is 52.0 Å². The lowest BCUT2D eigenvalue weighted by Crippen LogP contribution is -2.40. The van der Waals surface area contributed by atoms with Crippen molar-refractivity contribution in [3.63, 3.8) is 0 Å². The summed E-state index contributed by atoms with van der Waals surface area (Å²) in [5.74, 6) is 2.64. The molecule has 0 bridgehead atoms. The van der Waals surface area contributed by atoms with Gasteiger partial charge in [0.1, 0.15) is 0 Å². The van der Waals surface area contributed by atoms with E-state index < -0.39 is 0 Å². The molecular weight excluding hydrogens is 322 g/mol. The Hall–Kier alpha value is -0.340. The van der Waals surface area contributed by atoms with E-state index in [1.165, 1.54) is 35.7 Å². The van der Waals surface area contributed by atoms with Crippen molar-refractivity contribution in [1.29, 1.82) is 0 Å². The lowest BCUT2D eigenvalue weighted by Gasteiger charge is -2.36. The predicted octanol–water partition coefficient (Wildman–Crippen LogP) is 5.43. The zero-order chi connectivity index (χ0) is 15.2. The molecule has 1 aromatic rings. The third-order valence-corrected chi connectivity index (χ3v) is 5.97. The van der Waals surface area contributed by atoms with Crippen LogP contribution in [0.15, 0.2) is 28.7 Å². The second-order valence-electron chi connectivity index (χ2n) is 6.88. The fourth-order valence-electron chi connectivity index (χ4n) is 3.78. The zero-order valence-electron chi connectivity index (χ0n) is 13.7. The van der Waals surface area contributed by atoms with Crippen molar-refractivity contribution >= 4 is 15.9 Å². The maximum Gasteiger partial charge on any atom is 0.0207 e. The van der Waals surface area contributed by atoms with Gasteiger partial charge in [-0.25, -0.2) is 0 Å². The lowest BCUT2D eigenvalue weighted by molar-refractivity contribution is 0.188. The summed E-state index contributed by atoms with van der Waals surface area (Å²) in [6, 6.07) is 9.30. The van der Waals surface area contributed by atoms with Gasteiger partial charge in [-0.1, -0.05) is 54.9 Å². The Kier molecular flexibility index (Phi) is 6.75. The van der Waals surface area contributed by atoms with E-state index in [1.54, 1.807) is 0 Å². The van der Waals surface area contributed by atoms with E-state index in [9.17, 15) is 0 Å². The van der Waals surface area contributed by atoms with Crippen LogP contribution in [0.2, 0.25) is 0 Å². The van der Waals surface area contributed by atoms with Crippen LogP contribution in [-0.4, -0.2) is 12.6 Å². The molecule has 1 fully saturated rings. The SMILES string of the molecule is CCNC(Cc1ccccc1Br)C1CCC(C(C)C)CC1. The normalized spacial score (nSPS) is 24.2. The summed E-state index contributed by atoms with van der Waals surface area (Å²) >= 11 is 3.70. The van der Waals surface area contributed by atoms with Crippen LogP contribution < -0.4 is 5.32 Å². The van der Waals surface area contributed by atoms with Crippen LogP contribution in [0.5, 0.6) is 0 Å². The van der Waals surface area contributed by atoms with Crippen LogP contribution in [0.3, 0.4) is 0 Å². The summed E-state index contributed by atoms with van der Waals surface area (Å²) in [5.41, 5.74) is 1.44. The lowest BCUT2D eigenvalue weighted by atomic mass is 9.73. The fourth-order valence-corrected chi connectivity index (χ4v) is 4.23. The molecule has 0 radical (unpaired) electrons. The van der Waals surface area contributed by atoms with Crippen molar-refractivity contribution in [3.05, 3.63) is 34.3 Å². The van der Waals surface area contributed by atoms with E-state index in [1.807, 2.05) is 0 Å². The molecule has 1 atom stereocenters. The highest BCUT2D eigenvalue weighted by atomic mass is 79.9. The van der Waals surface area contributed by atoms with Crippen LogP contribution in [0, 0.1) is 17.8 Å². The van der Waals surface area contributed by atoms with E-state index >= 15 is 0 Å². The first kappa shape index (κ1) is 17.0. The van der Waals surface area contributed by atoms with Gasteiger partial charge in [0, 0.05) is 10.5 Å². The maximum atomic E-state index is 3.75. The largest absolute Gasteiger partial charge is 0.314 e. The molecule has 1 N–H and O–H groups in total. The van der Waals surface area contributed by atoms with E-state index in [0.717, 1.165) is 30.7 Å². The molecule has 0 aromatic heterocycles. The summed E-state index contributed by atoms with van der Waals surface area (Å²) in [4.78, 5) is 0. The van der Waals surface area contributed by atoms with E-state index in [-0.39, 0.29) is 0 Å². The number of likely N-dealkylation sites (N-methyl/N-ethyl adjacent to an activating group) is 1. The summed E-state index contributed by atoms with van der Waals surface area (Å²) in [5, 5.41) is 3.75. The average Bonchev–Trinajstić information content (AvgIpc) is 2.49. The van der Waals surface area contributed by atoms with Gasteiger partial charge in [0.25, 0.3) is 0 Å². The number of benzene rings is 1. The predicted molar refractivity (Wildman–Crippen MR) is 95.6 cm³/mol. The third-order valence-electron chi connectivity index (χ3n) is 5.19. The van der Waals surface area contributed by atoms with Gasteiger partial charge in [-0.2, -0.15) is 0 Å². The van der Waals surface area contributed by atoms with Crippen molar-refractivity contribution in [2.24, 2.45) is 17.8 Å². The fraction of sp³-hybridized carbons (Fsp3) is 0.684. The zero-order valence-corrected chi connectivity index (χ0v) is 15.3. The first-order valence-electron chi connectivity index (χ1n) is 8.58. The molecule has 2 heteroatoms. The Morgan fingerprint density at radius 2 is 1.71 bits per heavy atom. The van der Waals surface area contributed by atoms with Crippen LogP contribution in [0.25, 0.3) is 0 Å². The van der Waals surface area contributed by atoms with Gasteiger partial charge < -0.3 is 5.32 Å². The first-order chi connectivity index (χ1) is 10.1. The monoisotopic (exact) mass is 351 g/mol. The molecule has 21 heavy (non-hydrogen) atoms. The van der Waals surface area contributed by atoms with Crippen molar-refractivity contribution in [1.82, 2.24) is 5.32 Å². The van der Waals surface area contributed by atoms with Crippen molar-refractivity contribution < 1.29 is 0 Å². The summed E-state index contributed by atoms with van der Waals surface area (Å²) in [6.07, 6.45) is 6.77. The Morgan fingerprint density at radius 1 is 1.10 bits per heavy atom. The van der Waals surface area contributed by atoms with E-state index in [0.29, 0.717) is 6.04 Å². The summed E-state index contributed by atoms with van der Waals surface area (Å²) < 4.78 is 1.25. The summed E-state index contributed by atoms with van der Waals surface area (Å²) in [7, 11) is 0. The molecule has 1 nitrogen and oxygen atoms in total. The number of hydrogen-bond acceptors (Lipinski definition) is 1. The molecule has 118 valence electrons. The molecule has 0 heterocycles. The molecule has 1 saturated carbocycles. The van der Waals surface area contributed by atoms with Crippen LogP contribution in [-0.2, 0) is 6.42 Å². The molecule has 1 aromatic carbocycles. The number of hydrogen-bond donors (Lipinski definition) is 1. The Morgan fingerprint density at radius 3 is 2.29 bits per heavy atom. The highest BCUT2D eigenvalue weighted by Crippen LogP contribution is 2.35. The second kappa shape index (κ2) is 8.33. The molecular formula is C19H30BrN. The molecule has 2 rings (SSSR count). The summed E-state index contributed by atoms with van der Waals surface area (Å²) in [6.45, 7) is 8.06. The van der Waals surface area contributed by atoms with Gasteiger partial charge >= 0.3 is 0 Å². The molecule has 1 unspecified atom stereocenters. The Balaban J connectivity index is 1.98. The molecule has 1 aliphatic rings. The second-order valence-corrected chi connectivity index (χ2v) is 7.73. The Bertz CT molecular complexity index is 421. The van der Waals surface area contributed by atoms with Gasteiger partial charge in [0.2, 0.25) is 0 Å². The average molecular weight is 352 g/mol. The topological polar surface area (TPSA) is 12.0 Å². The van der Waals surface area contributed by atoms with Crippen LogP contribution >= 0.6 is 15.9 Å². The van der Waals surface area contributed by atoms with Gasteiger partial charge in [-0.3, -0.25) is 0 Å². The number of halogens is 1. The molecule has 0 aliphatic heterocycles. The quantitative estimate of drug-likeness (QED) is 0.720. The van der Waals surface area contributed by atoms with Crippen molar-refractivity contribution in [2.45, 2.75) is 58.9 Å². The van der Waals surface area contributed by atoms with Crippen molar-refractivity contribution in [3.8, 4) is 0 Å². The van der Waals surface area contributed by atoms with Gasteiger partial charge in [-0.05, 0) is 68.0 Å².